The first-order chi connectivity index (χ1) is 7.17. The number of nitrogens with zero attached hydrogens (tertiary/aromatic N) is 2. The Kier molecular flexibility index (Phi) is 4.84. The number of hydrogen-bond donors (Lipinski definition) is 3. The number of hydrazine groups is 1. The van der Waals surface area contributed by atoms with Gasteiger partial charge in [0.25, 0.3) is 0 Å². The minimum Gasteiger partial charge on any atom is -0.352 e. The van der Waals surface area contributed by atoms with Crippen LogP contribution >= 0.6 is 0 Å². The largest absolute Gasteiger partial charge is 0.352 e. The van der Waals surface area contributed by atoms with Crippen molar-refractivity contribution in [1.82, 2.24) is 15.6 Å². The fourth-order valence-corrected chi connectivity index (χ4v) is 2.04. The van der Waals surface area contributed by atoms with Gasteiger partial charge in [-0.2, -0.15) is 0 Å². The molecule has 1 saturated heterocycles. The van der Waals surface area contributed by atoms with Crippen LogP contribution in [0.25, 0.3) is 0 Å². The molecule has 4 N–H and O–H groups in total. The standard InChI is InChI=1S/C10H23N5/c1-4-12-10(14-11)13-9-5-6-15(3)7-8(9)2/h8-9H,4-7,11H2,1-3H3,(H2,12,13,14). The average Bonchev–Trinajstić information content (AvgIpc) is 2.21. The second-order valence-electron chi connectivity index (χ2n) is 4.25. The molecule has 1 fully saturated rings. The highest BCUT2D eigenvalue weighted by atomic mass is 15.3. The van der Waals surface area contributed by atoms with Crippen molar-refractivity contribution >= 4 is 5.96 Å². The first kappa shape index (κ1) is 12.3. The molecule has 0 aromatic carbocycles. The summed E-state index contributed by atoms with van der Waals surface area (Å²) in [7, 11) is 2.16. The number of likely N-dealkylation sites (tertiary alicyclic amines) is 1. The van der Waals surface area contributed by atoms with E-state index in [2.05, 4.69) is 34.6 Å². The van der Waals surface area contributed by atoms with E-state index in [1.54, 1.807) is 0 Å². The molecule has 2 unspecified atom stereocenters. The molecule has 5 nitrogen and oxygen atoms in total. The molecular formula is C10H23N5. The maximum absolute atomic E-state index is 5.40. The predicted molar refractivity (Wildman–Crippen MR) is 63.5 cm³/mol. The third kappa shape index (κ3) is 3.68. The molecule has 2 atom stereocenters. The van der Waals surface area contributed by atoms with Crippen LogP contribution < -0.4 is 16.6 Å². The van der Waals surface area contributed by atoms with E-state index in [9.17, 15) is 0 Å². The smallest absolute Gasteiger partial charge is 0.205 e. The number of rotatable bonds is 2. The summed E-state index contributed by atoms with van der Waals surface area (Å²) < 4.78 is 0. The van der Waals surface area contributed by atoms with Crippen LogP contribution in [0.15, 0.2) is 4.99 Å². The molecule has 15 heavy (non-hydrogen) atoms. The van der Waals surface area contributed by atoms with E-state index in [1.807, 2.05) is 6.92 Å². The van der Waals surface area contributed by atoms with E-state index in [0.717, 1.165) is 26.1 Å². The van der Waals surface area contributed by atoms with Crippen LogP contribution in [0.3, 0.4) is 0 Å². The Hall–Kier alpha value is -0.810. The number of nitrogens with two attached hydrogens (primary N) is 1. The SMILES string of the molecule is CCN=C(NN)NC1CCN(C)CC1C. The summed E-state index contributed by atoms with van der Waals surface area (Å²) in [5, 5.41) is 3.36. The van der Waals surface area contributed by atoms with Gasteiger partial charge in [0.15, 0.2) is 0 Å². The van der Waals surface area contributed by atoms with Crippen molar-refractivity contribution in [3.05, 3.63) is 0 Å². The highest BCUT2D eigenvalue weighted by Gasteiger charge is 2.24. The fourth-order valence-electron chi connectivity index (χ4n) is 2.04. The number of hydrogen-bond acceptors (Lipinski definition) is 3. The molecule has 0 aromatic heterocycles. The molecule has 1 aliphatic heterocycles. The molecule has 5 heteroatoms. The fraction of sp³-hybridized carbons (Fsp3) is 0.900. The van der Waals surface area contributed by atoms with E-state index < -0.39 is 0 Å². The van der Waals surface area contributed by atoms with Gasteiger partial charge >= 0.3 is 0 Å². The highest BCUT2D eigenvalue weighted by Crippen LogP contribution is 2.14. The minimum absolute atomic E-state index is 0.475. The third-order valence-electron chi connectivity index (χ3n) is 2.88. The predicted octanol–water partition coefficient (Wildman–Crippen LogP) is -0.245. The van der Waals surface area contributed by atoms with Crippen molar-refractivity contribution in [1.29, 1.82) is 0 Å². The second-order valence-corrected chi connectivity index (χ2v) is 4.25. The molecule has 0 amide bonds. The van der Waals surface area contributed by atoms with Crippen LogP contribution in [0, 0.1) is 5.92 Å². The Balaban J connectivity index is 2.46. The summed E-state index contributed by atoms with van der Waals surface area (Å²) in [6.07, 6.45) is 1.14. The van der Waals surface area contributed by atoms with Gasteiger partial charge in [0.2, 0.25) is 5.96 Å². The van der Waals surface area contributed by atoms with Crippen molar-refractivity contribution in [3.63, 3.8) is 0 Å². The van der Waals surface area contributed by atoms with E-state index in [1.165, 1.54) is 0 Å². The van der Waals surface area contributed by atoms with Gasteiger partial charge in [0, 0.05) is 19.1 Å². The van der Waals surface area contributed by atoms with Gasteiger partial charge < -0.3 is 10.2 Å². The Morgan fingerprint density at radius 2 is 2.33 bits per heavy atom. The monoisotopic (exact) mass is 213 g/mol. The van der Waals surface area contributed by atoms with Gasteiger partial charge in [-0.25, -0.2) is 5.84 Å². The zero-order valence-corrected chi connectivity index (χ0v) is 9.95. The maximum Gasteiger partial charge on any atom is 0.205 e. The zero-order valence-electron chi connectivity index (χ0n) is 9.95. The lowest BCUT2D eigenvalue weighted by atomic mass is 9.94. The van der Waals surface area contributed by atoms with E-state index in [4.69, 9.17) is 5.84 Å². The molecule has 0 saturated carbocycles. The van der Waals surface area contributed by atoms with E-state index in [0.29, 0.717) is 17.9 Å². The Bertz CT molecular complexity index is 216. The summed E-state index contributed by atoms with van der Waals surface area (Å²) in [4.78, 5) is 6.60. The average molecular weight is 213 g/mol. The molecule has 1 rings (SSSR count). The van der Waals surface area contributed by atoms with Crippen LogP contribution in [0.2, 0.25) is 0 Å². The molecule has 1 heterocycles. The molecule has 1 aliphatic rings. The zero-order chi connectivity index (χ0) is 11.3. The van der Waals surface area contributed by atoms with Crippen LogP contribution in [0.5, 0.6) is 0 Å². The highest BCUT2D eigenvalue weighted by molar-refractivity contribution is 5.79. The molecule has 0 aromatic rings. The topological polar surface area (TPSA) is 65.7 Å². The van der Waals surface area contributed by atoms with Crippen LogP contribution in [-0.2, 0) is 0 Å². The summed E-state index contributed by atoms with van der Waals surface area (Å²) in [6.45, 7) is 7.26. The quantitative estimate of drug-likeness (QED) is 0.256. The van der Waals surface area contributed by atoms with Crippen molar-refractivity contribution in [2.45, 2.75) is 26.3 Å². The van der Waals surface area contributed by atoms with E-state index >= 15 is 0 Å². The number of guanidine groups is 1. The molecule has 88 valence electrons. The summed E-state index contributed by atoms with van der Waals surface area (Å²) in [5.41, 5.74) is 2.61. The molecule has 0 bridgehead atoms. The Morgan fingerprint density at radius 3 is 2.87 bits per heavy atom. The maximum atomic E-state index is 5.40. The van der Waals surface area contributed by atoms with Crippen molar-refractivity contribution in [3.8, 4) is 0 Å². The van der Waals surface area contributed by atoms with Gasteiger partial charge in [-0.05, 0) is 32.9 Å². The van der Waals surface area contributed by atoms with Gasteiger partial charge in [0.05, 0.1) is 0 Å². The van der Waals surface area contributed by atoms with Gasteiger partial charge in [-0.15, -0.1) is 0 Å². The van der Waals surface area contributed by atoms with Crippen molar-refractivity contribution in [2.75, 3.05) is 26.7 Å². The molecule has 0 spiro atoms. The van der Waals surface area contributed by atoms with Crippen molar-refractivity contribution in [2.24, 2.45) is 16.8 Å². The van der Waals surface area contributed by atoms with E-state index in [-0.39, 0.29) is 0 Å². The Morgan fingerprint density at radius 1 is 1.60 bits per heavy atom. The lowest BCUT2D eigenvalue weighted by Crippen LogP contribution is -2.53. The van der Waals surface area contributed by atoms with Crippen LogP contribution in [0.1, 0.15) is 20.3 Å². The summed E-state index contributed by atoms with van der Waals surface area (Å²) in [6, 6.07) is 0.475. The van der Waals surface area contributed by atoms with Gasteiger partial charge in [0.1, 0.15) is 0 Å². The van der Waals surface area contributed by atoms with Crippen molar-refractivity contribution < 1.29 is 0 Å². The first-order valence-corrected chi connectivity index (χ1v) is 5.63. The lowest BCUT2D eigenvalue weighted by molar-refractivity contribution is 0.186. The normalized spacial score (nSPS) is 28.9. The lowest BCUT2D eigenvalue weighted by Gasteiger charge is -2.35. The van der Waals surface area contributed by atoms with Crippen LogP contribution in [0.4, 0.5) is 0 Å². The minimum atomic E-state index is 0.475. The summed E-state index contributed by atoms with van der Waals surface area (Å²) >= 11 is 0. The first-order valence-electron chi connectivity index (χ1n) is 5.63. The number of aliphatic imine (C=N–C) groups is 1. The number of piperidine rings is 1. The van der Waals surface area contributed by atoms with Gasteiger partial charge in [-0.1, -0.05) is 6.92 Å². The van der Waals surface area contributed by atoms with Gasteiger partial charge in [-0.3, -0.25) is 10.4 Å². The Labute approximate surface area is 92.1 Å². The summed E-state index contributed by atoms with van der Waals surface area (Å²) in [5.74, 6) is 6.73. The molecule has 0 aliphatic carbocycles. The van der Waals surface area contributed by atoms with Crippen LogP contribution in [-0.4, -0.2) is 43.6 Å². The third-order valence-corrected chi connectivity index (χ3v) is 2.88. The molecule has 0 radical (unpaired) electrons. The molecular weight excluding hydrogens is 190 g/mol. The number of nitrogens with one attached hydrogen (secondary N) is 2. The second kappa shape index (κ2) is 5.92.